The van der Waals surface area contributed by atoms with Crippen LogP contribution in [0.25, 0.3) is 55.0 Å². The highest BCUT2D eigenvalue weighted by Crippen LogP contribution is 2.44. The number of aromatic nitrogens is 2. The molecule has 4 heteroatoms. The van der Waals surface area contributed by atoms with E-state index in [9.17, 15) is 0 Å². The van der Waals surface area contributed by atoms with E-state index in [0.29, 0.717) is 0 Å². The predicted octanol–water partition coefficient (Wildman–Crippen LogP) is 10.6. The van der Waals surface area contributed by atoms with Gasteiger partial charge < -0.3 is 13.9 Å². The van der Waals surface area contributed by atoms with Crippen LogP contribution in [0.4, 0.5) is 0 Å². The molecule has 8 aromatic carbocycles. The largest absolute Gasteiger partial charge is 0.461 e. The average molecular weight is 759 g/mol. The Morgan fingerprint density at radius 3 is 1.64 bits per heavy atom. The summed E-state index contributed by atoms with van der Waals surface area (Å²) in [6.07, 6.45) is 7.51. The average Bonchev–Trinajstić information content (AvgIpc) is 3.96. The van der Waals surface area contributed by atoms with Crippen molar-refractivity contribution in [3.63, 3.8) is 0 Å². The summed E-state index contributed by atoms with van der Waals surface area (Å²) in [7, 11) is -2.99. The van der Waals surface area contributed by atoms with Gasteiger partial charge in [0.2, 0.25) is 0 Å². The zero-order valence-corrected chi connectivity index (χ0v) is 32.8. The first-order valence-electron chi connectivity index (χ1n) is 20.2. The van der Waals surface area contributed by atoms with E-state index in [1.807, 2.05) is 0 Å². The Bertz CT molecular complexity index is 3210. The molecule has 2 aromatic heterocycles. The van der Waals surface area contributed by atoms with Crippen molar-refractivity contribution in [2.24, 2.45) is 0 Å². The van der Waals surface area contributed by atoms with Gasteiger partial charge in [-0.3, -0.25) is 0 Å². The maximum atomic E-state index is 6.96. The van der Waals surface area contributed by atoms with Crippen LogP contribution in [0.5, 0.6) is 5.75 Å². The smallest absolute Gasteiger partial charge is 0.184 e. The van der Waals surface area contributed by atoms with Crippen molar-refractivity contribution < 1.29 is 4.74 Å². The Morgan fingerprint density at radius 1 is 0.448 bits per heavy atom. The second kappa shape index (κ2) is 13.0. The molecule has 0 saturated heterocycles. The summed E-state index contributed by atoms with van der Waals surface area (Å²) in [5.74, 6) is 2.32. The summed E-state index contributed by atoms with van der Waals surface area (Å²) in [6, 6.07) is 72.0. The minimum absolute atomic E-state index is 0.245. The van der Waals surface area contributed by atoms with Gasteiger partial charge in [0.1, 0.15) is 11.5 Å². The molecule has 1 unspecified atom stereocenters. The quantitative estimate of drug-likeness (QED) is 0.122. The first-order valence-corrected chi connectivity index (χ1v) is 22.2. The lowest BCUT2D eigenvalue weighted by Gasteiger charge is -2.35. The fourth-order valence-electron chi connectivity index (χ4n) is 10.2. The number of rotatable bonds is 6. The fourth-order valence-corrected chi connectivity index (χ4v) is 15.1. The number of hydrogen-bond acceptors (Lipinski definition) is 1. The normalized spacial score (nSPS) is 14.8. The molecule has 3 heterocycles. The molecule has 58 heavy (non-hydrogen) atoms. The zero-order chi connectivity index (χ0) is 38.2. The molecule has 0 spiro atoms. The zero-order valence-electron chi connectivity index (χ0n) is 31.8. The minimum atomic E-state index is -2.99. The van der Waals surface area contributed by atoms with Crippen LogP contribution in [-0.4, -0.2) is 17.2 Å². The molecule has 0 bridgehead atoms. The highest BCUT2D eigenvalue weighted by Gasteiger charge is 2.46. The maximum Gasteiger partial charge on any atom is 0.184 e. The Hall–Kier alpha value is -7.14. The Kier molecular flexibility index (Phi) is 7.38. The van der Waals surface area contributed by atoms with E-state index in [-0.39, 0.29) is 5.92 Å². The van der Waals surface area contributed by atoms with Gasteiger partial charge in [0, 0.05) is 44.4 Å². The van der Waals surface area contributed by atoms with Gasteiger partial charge in [-0.15, -0.1) is 0 Å². The van der Waals surface area contributed by atoms with Gasteiger partial charge in [-0.2, -0.15) is 0 Å². The lowest BCUT2D eigenvalue weighted by molar-refractivity contribution is 0.428. The summed E-state index contributed by atoms with van der Waals surface area (Å²) in [6.45, 7) is 0. The van der Waals surface area contributed by atoms with Gasteiger partial charge in [0.15, 0.2) is 8.07 Å². The van der Waals surface area contributed by atoms with Crippen LogP contribution in [0, 0.1) is 0 Å². The summed E-state index contributed by atoms with van der Waals surface area (Å²) in [5.41, 5.74) is 8.39. The maximum absolute atomic E-state index is 6.96. The summed E-state index contributed by atoms with van der Waals surface area (Å²) < 4.78 is 11.8. The number of ether oxygens (including phenoxy) is 1. The van der Waals surface area contributed by atoms with E-state index in [0.717, 1.165) is 29.3 Å². The molecular formula is C54H38N2OSi. The van der Waals surface area contributed by atoms with Gasteiger partial charge in [0.05, 0.1) is 22.1 Å². The topological polar surface area (TPSA) is 19.1 Å². The lowest BCUT2D eigenvalue weighted by atomic mass is 9.92. The van der Waals surface area contributed by atoms with Crippen LogP contribution in [-0.2, 0) is 0 Å². The highest BCUT2D eigenvalue weighted by molar-refractivity contribution is 7.20. The second-order valence-corrected chi connectivity index (χ2v) is 19.3. The summed E-state index contributed by atoms with van der Waals surface area (Å²) >= 11 is 0. The van der Waals surface area contributed by atoms with Crippen molar-refractivity contribution in [2.75, 3.05) is 0 Å². The monoisotopic (exact) mass is 758 g/mol. The first kappa shape index (κ1) is 33.0. The van der Waals surface area contributed by atoms with Crippen molar-refractivity contribution in [2.45, 2.75) is 12.3 Å². The van der Waals surface area contributed by atoms with E-state index >= 15 is 0 Å². The molecule has 3 nitrogen and oxygen atoms in total. The minimum Gasteiger partial charge on any atom is -0.461 e. The van der Waals surface area contributed by atoms with Gasteiger partial charge in [0.25, 0.3) is 0 Å². The molecule has 274 valence electrons. The molecule has 0 fully saturated rings. The number of allylic oxidation sites excluding steroid dienone is 4. The molecule has 12 rings (SSSR count). The van der Waals surface area contributed by atoms with Crippen molar-refractivity contribution in [3.8, 4) is 17.1 Å². The first-order chi connectivity index (χ1) is 28.8. The molecule has 0 N–H and O–H groups in total. The number of para-hydroxylation sites is 4. The molecular weight excluding hydrogens is 721 g/mol. The number of nitrogens with zero attached hydrogens (tertiary/aromatic N) is 2. The number of hydrogen-bond donors (Lipinski definition) is 0. The summed E-state index contributed by atoms with van der Waals surface area (Å²) in [5, 5.41) is 10.3. The van der Waals surface area contributed by atoms with Crippen LogP contribution >= 0.6 is 0 Å². The molecule has 0 radical (unpaired) electrons. The molecule has 1 aliphatic heterocycles. The van der Waals surface area contributed by atoms with Crippen LogP contribution in [0.3, 0.4) is 0 Å². The second-order valence-electron chi connectivity index (χ2n) is 15.6. The number of fused-ring (bicyclic) bond motifs is 9. The molecule has 10 aromatic rings. The molecule has 0 saturated carbocycles. The van der Waals surface area contributed by atoms with Crippen LogP contribution in [0.15, 0.2) is 218 Å². The third-order valence-corrected chi connectivity index (χ3v) is 17.4. The summed E-state index contributed by atoms with van der Waals surface area (Å²) in [4.78, 5) is 0. The van der Waals surface area contributed by atoms with Gasteiger partial charge in [-0.25, -0.2) is 0 Å². The van der Waals surface area contributed by atoms with E-state index in [2.05, 4.69) is 221 Å². The lowest BCUT2D eigenvalue weighted by Crippen LogP contribution is -2.75. The third-order valence-electron chi connectivity index (χ3n) is 12.6. The highest BCUT2D eigenvalue weighted by atomic mass is 28.3. The standard InChI is InChI=1S/C54H38N2OSi/c1-3-18-39(19-4-1)58(40-20-5-2-6-21-40,53-32-16-27-46-45-26-10-14-31-52(45)57-54(46)53)41-22-15-17-37(35-41)55-50-30-13-9-25-44(50)47-36-38(33-34-51(47)55)56-48-28-11-7-23-42(48)43-24-8-12-29-49(43)56/h1-25,27-36,45H,26H2. The molecule has 2 aliphatic rings. The van der Waals surface area contributed by atoms with Crippen LogP contribution in [0.1, 0.15) is 17.9 Å². The SMILES string of the molecule is C1=CCC2C(=C1)Oc1c2cccc1[Si](c1ccccc1)(c1ccccc1)c1cccc(-n2c3ccccc3c3cc(-n4c5ccccc5c5ccccc54)ccc32)c1. The fraction of sp³-hybridized carbons (Fsp3) is 0.0370. The van der Waals surface area contributed by atoms with E-state index in [4.69, 9.17) is 4.74 Å². The number of benzene rings is 8. The Labute approximate surface area is 338 Å². The van der Waals surface area contributed by atoms with Gasteiger partial charge in [-0.1, -0.05) is 158 Å². The van der Waals surface area contributed by atoms with Gasteiger partial charge >= 0.3 is 0 Å². The van der Waals surface area contributed by atoms with Crippen molar-refractivity contribution in [3.05, 3.63) is 224 Å². The molecule has 1 atom stereocenters. The van der Waals surface area contributed by atoms with Crippen molar-refractivity contribution >= 4 is 72.4 Å². The van der Waals surface area contributed by atoms with Crippen LogP contribution < -0.4 is 25.5 Å². The predicted molar refractivity (Wildman–Crippen MR) is 244 cm³/mol. The van der Waals surface area contributed by atoms with Gasteiger partial charge in [-0.05, 0) is 81.8 Å². The van der Waals surface area contributed by atoms with Crippen molar-refractivity contribution in [1.29, 1.82) is 0 Å². The van der Waals surface area contributed by atoms with E-state index < -0.39 is 8.07 Å². The van der Waals surface area contributed by atoms with Crippen LogP contribution in [0.2, 0.25) is 0 Å². The van der Waals surface area contributed by atoms with E-state index in [1.54, 1.807) is 0 Å². The third kappa shape index (κ3) is 4.73. The molecule has 1 aliphatic carbocycles. The Balaban J connectivity index is 1.11. The van der Waals surface area contributed by atoms with Crippen molar-refractivity contribution in [1.82, 2.24) is 9.13 Å². The Morgan fingerprint density at radius 2 is 0.983 bits per heavy atom. The molecule has 0 amide bonds. The van der Waals surface area contributed by atoms with E-state index in [1.165, 1.54) is 69.9 Å².